The van der Waals surface area contributed by atoms with Crippen molar-refractivity contribution in [3.63, 3.8) is 0 Å². The van der Waals surface area contributed by atoms with Gasteiger partial charge in [-0.05, 0) is 74.5 Å². The van der Waals surface area contributed by atoms with Crippen molar-refractivity contribution in [3.8, 4) is 5.75 Å². The van der Waals surface area contributed by atoms with Crippen molar-refractivity contribution in [1.29, 1.82) is 0 Å². The lowest BCUT2D eigenvalue weighted by Gasteiger charge is -2.48. The van der Waals surface area contributed by atoms with Crippen LogP contribution in [0, 0.1) is 5.82 Å². The van der Waals surface area contributed by atoms with Crippen molar-refractivity contribution in [2.45, 2.75) is 56.8 Å². The lowest BCUT2D eigenvalue weighted by Crippen LogP contribution is -2.60. The molecule has 3 aromatic carbocycles. The molecule has 4 N–H and O–H groups in total. The third-order valence-corrected chi connectivity index (χ3v) is 10.6. The number of aliphatic hydroxyl groups is 1. The number of rotatable bonds is 10. The van der Waals surface area contributed by atoms with E-state index in [4.69, 9.17) is 4.74 Å². The van der Waals surface area contributed by atoms with Gasteiger partial charge in [0.1, 0.15) is 17.1 Å². The van der Waals surface area contributed by atoms with Crippen LogP contribution in [0.3, 0.4) is 0 Å². The van der Waals surface area contributed by atoms with Crippen LogP contribution >= 0.6 is 11.3 Å². The number of aliphatic hydroxyl groups excluding tert-OH is 1. The Morgan fingerprint density at radius 1 is 1.11 bits per heavy atom. The first-order valence-corrected chi connectivity index (χ1v) is 17.1. The van der Waals surface area contributed by atoms with Gasteiger partial charge in [0.15, 0.2) is 0 Å². The number of aromatic amines is 1. The molecule has 4 aromatic rings. The number of ether oxygens (including phenoxy) is 1. The topological polar surface area (TPSA) is 118 Å². The number of hydrogen-bond donors (Lipinski definition) is 4. The molecule has 2 fully saturated rings. The molecule has 0 saturated carbocycles. The van der Waals surface area contributed by atoms with Crippen LogP contribution in [0.5, 0.6) is 5.75 Å². The number of likely N-dealkylation sites (tertiary alicyclic amines) is 1. The van der Waals surface area contributed by atoms with Gasteiger partial charge < -0.3 is 30.2 Å². The number of morpholine rings is 1. The predicted octanol–water partition coefficient (Wildman–Crippen LogP) is 4.47. The molecule has 0 unspecified atom stereocenters. The lowest BCUT2D eigenvalue weighted by molar-refractivity contribution is -0.163. The highest BCUT2D eigenvalue weighted by Gasteiger charge is 2.44. The van der Waals surface area contributed by atoms with Crippen LogP contribution in [-0.2, 0) is 27.9 Å². The van der Waals surface area contributed by atoms with Gasteiger partial charge in [0.25, 0.3) is 0 Å². The van der Waals surface area contributed by atoms with Crippen molar-refractivity contribution in [2.75, 3.05) is 45.9 Å². The Balaban J connectivity index is 0.997. The van der Waals surface area contributed by atoms with E-state index < -0.39 is 11.5 Å². The van der Waals surface area contributed by atoms with Crippen LogP contribution in [-0.4, -0.2) is 82.4 Å². The fourth-order valence-electron chi connectivity index (χ4n) is 6.91. The van der Waals surface area contributed by atoms with Crippen molar-refractivity contribution in [1.82, 2.24) is 20.1 Å². The number of piperidine rings is 1. The molecule has 2 aliphatic heterocycles. The van der Waals surface area contributed by atoms with Gasteiger partial charge in [-0.15, -0.1) is 0 Å². The summed E-state index contributed by atoms with van der Waals surface area (Å²) in [5.74, 6) is -0.176. The Labute approximate surface area is 278 Å². The molecule has 2 saturated heterocycles. The molecule has 9 nitrogen and oxygen atoms in total. The number of halogens is 1. The van der Waals surface area contributed by atoms with Crippen LogP contribution in [0.4, 0.5) is 4.39 Å². The molecule has 1 aromatic heterocycles. The van der Waals surface area contributed by atoms with Gasteiger partial charge in [-0.1, -0.05) is 53.8 Å². The van der Waals surface area contributed by atoms with Gasteiger partial charge in [0.2, 0.25) is 5.91 Å². The number of benzene rings is 3. The van der Waals surface area contributed by atoms with Crippen molar-refractivity contribution in [3.05, 3.63) is 98.4 Å². The standard InChI is InChI=1S/C36H43FN4O5S/c1-35(2,26-6-4-3-5-7-26)33(44)41-16-17-46-36(23-41)11-14-40(15-12-36)22-25-18-24(19-27(37)20-25)10-13-38-21-30(43)28-8-9-29(42)31-32(28)47-34(45)39-31/h3-9,18-20,30,38,42-43H,10-17,21-23H2,1-2H3,(H,39,45)/t30-/m0/s1. The minimum Gasteiger partial charge on any atom is -0.506 e. The summed E-state index contributed by atoms with van der Waals surface area (Å²) in [6.45, 7) is 8.71. The zero-order valence-corrected chi connectivity index (χ0v) is 27.7. The van der Waals surface area contributed by atoms with Crippen LogP contribution < -0.4 is 10.2 Å². The molecule has 250 valence electrons. The first-order valence-electron chi connectivity index (χ1n) is 16.3. The fourth-order valence-corrected chi connectivity index (χ4v) is 7.83. The Morgan fingerprint density at radius 3 is 2.62 bits per heavy atom. The second kappa shape index (κ2) is 13.9. The second-order valence-corrected chi connectivity index (χ2v) is 14.3. The Hall–Kier alpha value is -3.61. The third kappa shape index (κ3) is 7.44. The van der Waals surface area contributed by atoms with Crippen molar-refractivity contribution in [2.24, 2.45) is 0 Å². The lowest BCUT2D eigenvalue weighted by atomic mass is 9.82. The molecule has 3 heterocycles. The number of H-pyrrole nitrogens is 1. The van der Waals surface area contributed by atoms with Gasteiger partial charge in [-0.2, -0.15) is 0 Å². The number of nitrogens with zero attached hydrogens (tertiary/aromatic N) is 2. The normalized spacial score (nSPS) is 17.7. The molecular formula is C36H43FN4O5S. The van der Waals surface area contributed by atoms with E-state index in [1.807, 2.05) is 55.1 Å². The summed E-state index contributed by atoms with van der Waals surface area (Å²) in [6, 6.07) is 18.2. The number of aromatic hydroxyl groups is 1. The van der Waals surface area contributed by atoms with E-state index in [0.29, 0.717) is 55.0 Å². The second-order valence-electron chi connectivity index (χ2n) is 13.4. The Bertz CT molecular complexity index is 1770. The molecule has 1 amide bonds. The highest BCUT2D eigenvalue weighted by Crippen LogP contribution is 2.34. The molecule has 2 aliphatic rings. The van der Waals surface area contributed by atoms with Crippen LogP contribution in [0.1, 0.15) is 55.0 Å². The SMILES string of the molecule is CC(C)(C(=O)N1CCOC2(CCN(Cc3cc(F)cc(CCNC[C@H](O)c4ccc(O)c5[nH]c(=O)sc45)c3)CC2)C1)c1ccccc1. The maximum absolute atomic E-state index is 14.7. The van der Waals surface area contributed by atoms with Crippen LogP contribution in [0.15, 0.2) is 65.5 Å². The molecular weight excluding hydrogens is 619 g/mol. The van der Waals surface area contributed by atoms with E-state index in [1.54, 1.807) is 18.2 Å². The van der Waals surface area contributed by atoms with E-state index >= 15 is 0 Å². The number of fused-ring (bicyclic) bond motifs is 1. The molecule has 6 rings (SSSR count). The van der Waals surface area contributed by atoms with E-state index in [1.165, 1.54) is 6.07 Å². The molecule has 11 heteroatoms. The quantitative estimate of drug-likeness (QED) is 0.185. The number of carbonyl (C=O) groups is 1. The molecule has 0 radical (unpaired) electrons. The summed E-state index contributed by atoms with van der Waals surface area (Å²) in [7, 11) is 0. The number of thiazole rings is 1. The smallest absolute Gasteiger partial charge is 0.305 e. The van der Waals surface area contributed by atoms with Gasteiger partial charge >= 0.3 is 4.87 Å². The Morgan fingerprint density at radius 2 is 1.85 bits per heavy atom. The summed E-state index contributed by atoms with van der Waals surface area (Å²) >= 11 is 0.955. The number of amides is 1. The summed E-state index contributed by atoms with van der Waals surface area (Å²) < 4.78 is 21.5. The van der Waals surface area contributed by atoms with Crippen molar-refractivity contribution < 1.29 is 24.1 Å². The number of aromatic nitrogens is 1. The fraction of sp³-hybridized carbons (Fsp3) is 0.444. The average Bonchev–Trinajstić information content (AvgIpc) is 3.46. The predicted molar refractivity (Wildman–Crippen MR) is 181 cm³/mol. The van der Waals surface area contributed by atoms with Gasteiger partial charge in [-0.3, -0.25) is 14.5 Å². The molecule has 0 bridgehead atoms. The van der Waals surface area contributed by atoms with E-state index in [0.717, 1.165) is 54.0 Å². The summed E-state index contributed by atoms with van der Waals surface area (Å²) in [5, 5.41) is 24.0. The highest BCUT2D eigenvalue weighted by atomic mass is 32.1. The van der Waals surface area contributed by atoms with E-state index in [-0.39, 0.29) is 34.5 Å². The Kier molecular flexibility index (Phi) is 9.82. The largest absolute Gasteiger partial charge is 0.506 e. The van der Waals surface area contributed by atoms with E-state index in [2.05, 4.69) is 15.2 Å². The first kappa shape index (κ1) is 33.3. The molecule has 1 atom stereocenters. The monoisotopic (exact) mass is 662 g/mol. The third-order valence-electron chi connectivity index (χ3n) is 9.63. The zero-order valence-electron chi connectivity index (χ0n) is 26.9. The van der Waals surface area contributed by atoms with Gasteiger partial charge in [0, 0.05) is 44.8 Å². The van der Waals surface area contributed by atoms with Gasteiger partial charge in [0.05, 0.1) is 28.4 Å². The minimum atomic E-state index is -0.872. The first-order chi connectivity index (χ1) is 22.5. The van der Waals surface area contributed by atoms with Gasteiger partial charge in [-0.25, -0.2) is 4.39 Å². The number of phenolic OH excluding ortho intramolecular Hbond substituents is 1. The maximum atomic E-state index is 14.7. The van der Waals surface area contributed by atoms with Crippen LogP contribution in [0.2, 0.25) is 0 Å². The van der Waals surface area contributed by atoms with Crippen LogP contribution in [0.25, 0.3) is 10.2 Å². The number of phenols is 1. The zero-order chi connectivity index (χ0) is 33.2. The molecule has 1 spiro atoms. The van der Waals surface area contributed by atoms with E-state index in [9.17, 15) is 24.2 Å². The molecule has 47 heavy (non-hydrogen) atoms. The highest BCUT2D eigenvalue weighted by molar-refractivity contribution is 7.16. The average molecular weight is 663 g/mol. The summed E-state index contributed by atoms with van der Waals surface area (Å²) in [6.07, 6.45) is 1.33. The molecule has 0 aliphatic carbocycles. The maximum Gasteiger partial charge on any atom is 0.305 e. The number of carbonyl (C=O) groups excluding carboxylic acids is 1. The summed E-state index contributed by atoms with van der Waals surface area (Å²) in [5.41, 5.74) is 2.73. The summed E-state index contributed by atoms with van der Waals surface area (Å²) in [4.78, 5) is 32.1. The number of hydrogen-bond acceptors (Lipinski definition) is 8. The minimum absolute atomic E-state index is 0.0302. The number of nitrogens with one attached hydrogen (secondary N) is 2. The van der Waals surface area contributed by atoms with Crippen molar-refractivity contribution >= 4 is 27.5 Å².